The molecule has 3 heteroatoms. The van der Waals surface area contributed by atoms with Crippen molar-refractivity contribution in [2.45, 2.75) is 13.0 Å². The second-order valence-corrected chi connectivity index (χ2v) is 2.33. The van der Waals surface area contributed by atoms with E-state index in [9.17, 15) is 0 Å². The van der Waals surface area contributed by atoms with E-state index >= 15 is 0 Å². The van der Waals surface area contributed by atoms with E-state index < -0.39 is 0 Å². The summed E-state index contributed by atoms with van der Waals surface area (Å²) >= 11 is 0. The lowest BCUT2D eigenvalue weighted by Gasteiger charge is -1.97. The van der Waals surface area contributed by atoms with Crippen molar-refractivity contribution >= 4 is 0 Å². The first-order valence-corrected chi connectivity index (χ1v) is 3.79. The van der Waals surface area contributed by atoms with Crippen LogP contribution in [0.3, 0.4) is 0 Å². The molecule has 1 N–H and O–H groups in total. The Hall–Kier alpha value is -0.930. The molecule has 0 aliphatic carbocycles. The Morgan fingerprint density at radius 3 is 2.00 bits per heavy atom. The summed E-state index contributed by atoms with van der Waals surface area (Å²) in [4.78, 5) is 3.78. The molecule has 0 amide bonds. The molecule has 1 aromatic rings. The summed E-state index contributed by atoms with van der Waals surface area (Å²) in [7, 11) is 1.56. The van der Waals surface area contributed by atoms with Crippen LogP contribution in [-0.4, -0.2) is 29.9 Å². The number of aliphatic hydroxyl groups excluding tert-OH is 1. The number of methoxy groups -OCH3 is 1. The van der Waals surface area contributed by atoms with Gasteiger partial charge in [-0.3, -0.25) is 4.98 Å². The first-order valence-electron chi connectivity index (χ1n) is 3.79. The van der Waals surface area contributed by atoms with Crippen LogP contribution in [0.1, 0.15) is 6.92 Å². The topological polar surface area (TPSA) is 42.4 Å². The Morgan fingerprint density at radius 1 is 1.33 bits per heavy atom. The quantitative estimate of drug-likeness (QED) is 0.720. The number of aromatic nitrogens is 1. The van der Waals surface area contributed by atoms with Crippen LogP contribution in [0.25, 0.3) is 0 Å². The van der Waals surface area contributed by atoms with Gasteiger partial charge in [-0.15, -0.1) is 0 Å². The van der Waals surface area contributed by atoms with Gasteiger partial charge in [0.1, 0.15) is 0 Å². The Balaban J connectivity index is 0.000000202. The van der Waals surface area contributed by atoms with Crippen molar-refractivity contribution in [3.8, 4) is 0 Å². The van der Waals surface area contributed by atoms with E-state index in [1.54, 1.807) is 26.4 Å². The van der Waals surface area contributed by atoms with Crippen molar-refractivity contribution in [1.29, 1.82) is 0 Å². The minimum absolute atomic E-state index is 0.324. The van der Waals surface area contributed by atoms with E-state index in [0.29, 0.717) is 6.61 Å². The summed E-state index contributed by atoms with van der Waals surface area (Å²) in [6.45, 7) is 2.11. The van der Waals surface area contributed by atoms with Gasteiger partial charge in [-0.25, -0.2) is 0 Å². The van der Waals surface area contributed by atoms with Gasteiger partial charge in [-0.05, 0) is 19.1 Å². The molecule has 0 radical (unpaired) electrons. The van der Waals surface area contributed by atoms with E-state index in [1.807, 2.05) is 18.2 Å². The molecule has 12 heavy (non-hydrogen) atoms. The van der Waals surface area contributed by atoms with Crippen LogP contribution in [0.2, 0.25) is 0 Å². The molecule has 0 fully saturated rings. The Bertz CT molecular complexity index is 139. The number of nitrogens with zero attached hydrogens (tertiary/aromatic N) is 1. The molecule has 0 spiro atoms. The smallest absolute Gasteiger partial charge is 0.0745 e. The highest BCUT2D eigenvalue weighted by Crippen LogP contribution is 1.75. The zero-order chi connectivity index (χ0) is 9.23. The normalized spacial score (nSPS) is 11.2. The van der Waals surface area contributed by atoms with Gasteiger partial charge in [-0.2, -0.15) is 0 Å². The molecule has 3 nitrogen and oxygen atoms in total. The molecule has 0 aliphatic rings. The van der Waals surface area contributed by atoms with Crippen LogP contribution < -0.4 is 0 Å². The number of ether oxygens (including phenoxy) is 1. The SMILES string of the molecule is COCC(C)O.c1ccncc1. The van der Waals surface area contributed by atoms with Crippen LogP contribution in [0, 0.1) is 0 Å². The molecule has 1 atom stereocenters. The molecule has 1 aromatic heterocycles. The van der Waals surface area contributed by atoms with Crippen molar-refractivity contribution < 1.29 is 9.84 Å². The molecule has 0 aliphatic heterocycles. The van der Waals surface area contributed by atoms with Gasteiger partial charge in [0.2, 0.25) is 0 Å². The minimum atomic E-state index is -0.324. The van der Waals surface area contributed by atoms with E-state index in [1.165, 1.54) is 0 Å². The molecule has 0 saturated heterocycles. The molecular formula is C9H15NO2. The lowest BCUT2D eigenvalue weighted by atomic mass is 10.5. The molecule has 0 saturated carbocycles. The van der Waals surface area contributed by atoms with Crippen molar-refractivity contribution in [2.75, 3.05) is 13.7 Å². The van der Waals surface area contributed by atoms with E-state index in [2.05, 4.69) is 9.72 Å². The highest BCUT2D eigenvalue weighted by atomic mass is 16.5. The molecule has 0 bridgehead atoms. The Labute approximate surface area is 73.0 Å². The standard InChI is InChI=1S/C5H5N.C4H10O2/c1-2-4-6-5-3-1;1-4(5)3-6-2/h1-5H;4-5H,3H2,1-2H3. The second-order valence-electron chi connectivity index (χ2n) is 2.33. The number of rotatable bonds is 2. The predicted molar refractivity (Wildman–Crippen MR) is 47.8 cm³/mol. The number of hydrogen-bond acceptors (Lipinski definition) is 3. The molecule has 0 aromatic carbocycles. The van der Waals surface area contributed by atoms with Crippen molar-refractivity contribution in [3.63, 3.8) is 0 Å². The van der Waals surface area contributed by atoms with Crippen LogP contribution in [0.5, 0.6) is 0 Å². The second kappa shape index (κ2) is 8.17. The highest BCUT2D eigenvalue weighted by molar-refractivity contribution is 4.88. The fourth-order valence-corrected chi connectivity index (χ4v) is 0.554. The van der Waals surface area contributed by atoms with Crippen LogP contribution >= 0.6 is 0 Å². The maximum absolute atomic E-state index is 8.43. The van der Waals surface area contributed by atoms with E-state index in [0.717, 1.165) is 0 Å². The number of pyridine rings is 1. The highest BCUT2D eigenvalue weighted by Gasteiger charge is 1.87. The van der Waals surface area contributed by atoms with Crippen LogP contribution in [0.15, 0.2) is 30.6 Å². The third-order valence-electron chi connectivity index (χ3n) is 0.974. The first-order chi connectivity index (χ1) is 5.77. The number of aliphatic hydroxyl groups is 1. The fraction of sp³-hybridized carbons (Fsp3) is 0.444. The van der Waals surface area contributed by atoms with Gasteiger partial charge in [0, 0.05) is 19.5 Å². The van der Waals surface area contributed by atoms with E-state index in [4.69, 9.17) is 5.11 Å². The van der Waals surface area contributed by atoms with Gasteiger partial charge >= 0.3 is 0 Å². The first kappa shape index (κ1) is 11.1. The van der Waals surface area contributed by atoms with Gasteiger partial charge in [0.25, 0.3) is 0 Å². The fourth-order valence-electron chi connectivity index (χ4n) is 0.554. The molecular weight excluding hydrogens is 154 g/mol. The molecule has 1 heterocycles. The van der Waals surface area contributed by atoms with Crippen LogP contribution in [-0.2, 0) is 4.74 Å². The molecule has 68 valence electrons. The third kappa shape index (κ3) is 9.07. The summed E-state index contributed by atoms with van der Waals surface area (Å²) in [6, 6.07) is 5.72. The predicted octanol–water partition coefficient (Wildman–Crippen LogP) is 1.10. The third-order valence-corrected chi connectivity index (χ3v) is 0.974. The van der Waals surface area contributed by atoms with Crippen LogP contribution in [0.4, 0.5) is 0 Å². The van der Waals surface area contributed by atoms with Crippen molar-refractivity contribution in [3.05, 3.63) is 30.6 Å². The maximum Gasteiger partial charge on any atom is 0.0745 e. The molecule has 1 unspecified atom stereocenters. The largest absolute Gasteiger partial charge is 0.391 e. The summed E-state index contributed by atoms with van der Waals surface area (Å²) in [5.41, 5.74) is 0. The maximum atomic E-state index is 8.43. The van der Waals surface area contributed by atoms with Gasteiger partial charge in [-0.1, -0.05) is 6.07 Å². The zero-order valence-corrected chi connectivity index (χ0v) is 7.47. The Morgan fingerprint density at radius 2 is 1.92 bits per heavy atom. The lowest BCUT2D eigenvalue weighted by Crippen LogP contribution is -2.07. The van der Waals surface area contributed by atoms with Crippen molar-refractivity contribution in [1.82, 2.24) is 4.98 Å². The minimum Gasteiger partial charge on any atom is -0.391 e. The number of hydrogen-bond donors (Lipinski definition) is 1. The van der Waals surface area contributed by atoms with Crippen molar-refractivity contribution in [2.24, 2.45) is 0 Å². The average Bonchev–Trinajstić information content (AvgIpc) is 2.08. The lowest BCUT2D eigenvalue weighted by molar-refractivity contribution is 0.0765. The van der Waals surface area contributed by atoms with Gasteiger partial charge in [0.15, 0.2) is 0 Å². The summed E-state index contributed by atoms with van der Waals surface area (Å²) < 4.78 is 4.55. The molecule has 1 rings (SSSR count). The summed E-state index contributed by atoms with van der Waals surface area (Å²) in [5.74, 6) is 0. The van der Waals surface area contributed by atoms with E-state index in [-0.39, 0.29) is 6.10 Å². The summed E-state index contributed by atoms with van der Waals surface area (Å²) in [5, 5.41) is 8.43. The van der Waals surface area contributed by atoms with Gasteiger partial charge in [0.05, 0.1) is 12.7 Å². The van der Waals surface area contributed by atoms with Gasteiger partial charge < -0.3 is 9.84 Å². The summed E-state index contributed by atoms with van der Waals surface area (Å²) in [6.07, 6.45) is 3.18. The monoisotopic (exact) mass is 169 g/mol. The Kier molecular flexibility index (Phi) is 7.54. The zero-order valence-electron chi connectivity index (χ0n) is 7.47. The average molecular weight is 169 g/mol.